The van der Waals surface area contributed by atoms with Crippen LogP contribution in [0, 0.1) is 0 Å². The summed E-state index contributed by atoms with van der Waals surface area (Å²) in [5, 5.41) is 4.60. The van der Waals surface area contributed by atoms with Crippen molar-refractivity contribution in [3.8, 4) is 22.5 Å². The fourth-order valence-electron chi connectivity index (χ4n) is 3.36. The zero-order valence-electron chi connectivity index (χ0n) is 14.7. The van der Waals surface area contributed by atoms with Crippen LogP contribution < -0.4 is 0 Å². The van der Waals surface area contributed by atoms with Crippen molar-refractivity contribution in [2.24, 2.45) is 0 Å². The Balaban J connectivity index is 1.50. The van der Waals surface area contributed by atoms with Crippen molar-refractivity contribution in [3.63, 3.8) is 0 Å². The molecule has 132 valence electrons. The number of aromatic nitrogens is 3. The zero-order chi connectivity index (χ0) is 17.8. The molecule has 0 unspecified atom stereocenters. The minimum Gasteiger partial charge on any atom is -0.341 e. The molecule has 1 fully saturated rings. The first-order chi connectivity index (χ1) is 12.8. The van der Waals surface area contributed by atoms with Crippen LogP contribution in [0.4, 0.5) is 0 Å². The lowest BCUT2D eigenvalue weighted by molar-refractivity contribution is -0.132. The van der Waals surface area contributed by atoms with E-state index in [1.807, 2.05) is 53.6 Å². The molecule has 0 bridgehead atoms. The molecule has 0 N–H and O–H groups in total. The van der Waals surface area contributed by atoms with Gasteiger partial charge in [0.2, 0.25) is 5.91 Å². The van der Waals surface area contributed by atoms with Gasteiger partial charge in [-0.1, -0.05) is 24.3 Å². The third-order valence-electron chi connectivity index (χ3n) is 4.77. The maximum Gasteiger partial charge on any atom is 0.244 e. The van der Waals surface area contributed by atoms with E-state index in [2.05, 4.69) is 16.1 Å². The van der Waals surface area contributed by atoms with Crippen molar-refractivity contribution in [1.82, 2.24) is 19.7 Å². The fourth-order valence-corrected chi connectivity index (χ4v) is 3.36. The number of hydrogen-bond acceptors (Lipinski definition) is 3. The number of carbonyl (C=O) groups is 1. The van der Waals surface area contributed by atoms with Crippen LogP contribution in [0.5, 0.6) is 0 Å². The van der Waals surface area contributed by atoms with Crippen LogP contribution in [0.15, 0.2) is 60.9 Å². The third-order valence-corrected chi connectivity index (χ3v) is 4.77. The van der Waals surface area contributed by atoms with E-state index < -0.39 is 0 Å². The number of pyridine rings is 1. The Bertz CT molecular complexity index is 882. The van der Waals surface area contributed by atoms with Gasteiger partial charge in [0.25, 0.3) is 0 Å². The Morgan fingerprint density at radius 1 is 0.923 bits per heavy atom. The second kappa shape index (κ2) is 7.52. The number of likely N-dealkylation sites (tertiary alicyclic amines) is 1. The summed E-state index contributed by atoms with van der Waals surface area (Å²) in [4.78, 5) is 18.8. The van der Waals surface area contributed by atoms with Gasteiger partial charge in [0.1, 0.15) is 6.54 Å². The van der Waals surface area contributed by atoms with Crippen LogP contribution in [-0.2, 0) is 11.3 Å². The summed E-state index contributed by atoms with van der Waals surface area (Å²) >= 11 is 0. The molecule has 1 amide bonds. The van der Waals surface area contributed by atoms with Crippen molar-refractivity contribution in [2.75, 3.05) is 13.1 Å². The van der Waals surface area contributed by atoms with Crippen LogP contribution >= 0.6 is 0 Å². The smallest absolute Gasteiger partial charge is 0.244 e. The molecule has 0 radical (unpaired) electrons. The lowest BCUT2D eigenvalue weighted by Crippen LogP contribution is -2.37. The zero-order valence-corrected chi connectivity index (χ0v) is 14.7. The minimum atomic E-state index is 0.154. The van der Waals surface area contributed by atoms with Gasteiger partial charge >= 0.3 is 0 Å². The molecule has 1 aliphatic heterocycles. The van der Waals surface area contributed by atoms with Crippen molar-refractivity contribution < 1.29 is 4.79 Å². The quantitative estimate of drug-likeness (QED) is 0.725. The molecule has 5 nitrogen and oxygen atoms in total. The van der Waals surface area contributed by atoms with E-state index >= 15 is 0 Å². The van der Waals surface area contributed by atoms with E-state index in [4.69, 9.17) is 0 Å². The summed E-state index contributed by atoms with van der Waals surface area (Å²) in [6.45, 7) is 2.05. The van der Waals surface area contributed by atoms with Gasteiger partial charge in [-0.15, -0.1) is 0 Å². The molecule has 0 aliphatic carbocycles. The first-order valence-corrected chi connectivity index (χ1v) is 9.13. The van der Waals surface area contributed by atoms with Crippen molar-refractivity contribution in [3.05, 3.63) is 60.9 Å². The van der Waals surface area contributed by atoms with Gasteiger partial charge < -0.3 is 4.90 Å². The molecule has 1 aliphatic rings. The van der Waals surface area contributed by atoms with Crippen LogP contribution in [0.1, 0.15) is 19.3 Å². The first kappa shape index (κ1) is 16.5. The second-order valence-electron chi connectivity index (χ2n) is 6.64. The van der Waals surface area contributed by atoms with Crippen LogP contribution in [0.25, 0.3) is 22.5 Å². The molecule has 1 saturated heterocycles. The normalized spacial score (nSPS) is 14.4. The summed E-state index contributed by atoms with van der Waals surface area (Å²) in [5.74, 6) is 0.154. The number of rotatable bonds is 4. The Hall–Kier alpha value is -2.95. The topological polar surface area (TPSA) is 51.0 Å². The predicted octanol–water partition coefficient (Wildman–Crippen LogP) is 3.62. The highest BCUT2D eigenvalue weighted by atomic mass is 16.2. The molecule has 26 heavy (non-hydrogen) atoms. The average Bonchev–Trinajstić information content (AvgIpc) is 3.18. The molecular formula is C21H22N4O. The summed E-state index contributed by atoms with van der Waals surface area (Å²) in [5.41, 5.74) is 3.89. The highest BCUT2D eigenvalue weighted by Gasteiger charge is 2.17. The monoisotopic (exact) mass is 346 g/mol. The molecule has 3 aromatic rings. The van der Waals surface area contributed by atoms with Gasteiger partial charge in [0.05, 0.1) is 11.4 Å². The molecule has 0 saturated carbocycles. The largest absolute Gasteiger partial charge is 0.341 e. The molecule has 2 aromatic heterocycles. The molecule has 0 spiro atoms. The summed E-state index contributed by atoms with van der Waals surface area (Å²) in [6.07, 6.45) is 7.11. The Morgan fingerprint density at radius 2 is 1.73 bits per heavy atom. The highest BCUT2D eigenvalue weighted by Crippen LogP contribution is 2.24. The van der Waals surface area contributed by atoms with Crippen LogP contribution in [-0.4, -0.2) is 38.7 Å². The van der Waals surface area contributed by atoms with Gasteiger partial charge in [0.15, 0.2) is 0 Å². The molecular weight excluding hydrogens is 324 g/mol. The second-order valence-corrected chi connectivity index (χ2v) is 6.64. The molecule has 0 atom stereocenters. The molecule has 4 rings (SSSR count). The van der Waals surface area contributed by atoms with Gasteiger partial charge in [-0.3, -0.25) is 14.5 Å². The van der Waals surface area contributed by atoms with Crippen molar-refractivity contribution >= 4 is 5.91 Å². The van der Waals surface area contributed by atoms with Crippen LogP contribution in [0.3, 0.4) is 0 Å². The van der Waals surface area contributed by atoms with Crippen molar-refractivity contribution in [2.45, 2.75) is 25.8 Å². The first-order valence-electron chi connectivity index (χ1n) is 9.13. The predicted molar refractivity (Wildman–Crippen MR) is 101 cm³/mol. The average molecular weight is 346 g/mol. The molecule has 3 heterocycles. The fraction of sp³-hybridized carbons (Fsp3) is 0.286. The number of carbonyl (C=O) groups excluding carboxylic acids is 1. The minimum absolute atomic E-state index is 0.154. The standard InChI is InChI=1S/C21H22N4O/c26-21(24-12-4-1-5-13-24)16-25-14-10-20(23-25)18-8-6-7-17(15-18)19-9-2-3-11-22-19/h2-3,6-11,14-15H,1,4-5,12-13,16H2. The van der Waals surface area contributed by atoms with E-state index in [9.17, 15) is 4.79 Å². The van der Waals surface area contributed by atoms with Gasteiger partial charge in [-0.05, 0) is 43.5 Å². The third kappa shape index (κ3) is 3.67. The Morgan fingerprint density at radius 3 is 2.50 bits per heavy atom. The van der Waals surface area contributed by atoms with Crippen molar-refractivity contribution in [1.29, 1.82) is 0 Å². The number of amides is 1. The van der Waals surface area contributed by atoms with Gasteiger partial charge in [-0.25, -0.2) is 0 Å². The number of benzene rings is 1. The lowest BCUT2D eigenvalue weighted by atomic mass is 10.1. The number of piperidine rings is 1. The van der Waals surface area contributed by atoms with E-state index in [0.717, 1.165) is 48.4 Å². The van der Waals surface area contributed by atoms with E-state index in [1.54, 1.807) is 10.9 Å². The number of nitrogens with zero attached hydrogens (tertiary/aromatic N) is 4. The summed E-state index contributed by atoms with van der Waals surface area (Å²) in [6, 6.07) is 16.0. The van der Waals surface area contributed by atoms with E-state index in [0.29, 0.717) is 6.54 Å². The Labute approximate surface area is 153 Å². The van der Waals surface area contributed by atoms with Gasteiger partial charge in [-0.2, -0.15) is 5.10 Å². The maximum absolute atomic E-state index is 12.4. The maximum atomic E-state index is 12.4. The SMILES string of the molecule is O=C(Cn1ccc(-c2cccc(-c3ccccn3)c2)n1)N1CCCCC1. The van der Waals surface area contributed by atoms with Gasteiger partial charge in [0, 0.05) is 36.6 Å². The highest BCUT2D eigenvalue weighted by molar-refractivity contribution is 5.76. The molecule has 5 heteroatoms. The number of hydrogen-bond donors (Lipinski definition) is 0. The summed E-state index contributed by atoms with van der Waals surface area (Å²) in [7, 11) is 0. The summed E-state index contributed by atoms with van der Waals surface area (Å²) < 4.78 is 1.74. The van der Waals surface area contributed by atoms with Crippen LogP contribution in [0.2, 0.25) is 0 Å². The van der Waals surface area contributed by atoms with E-state index in [1.165, 1.54) is 6.42 Å². The lowest BCUT2D eigenvalue weighted by Gasteiger charge is -2.26. The Kier molecular flexibility index (Phi) is 4.78. The van der Waals surface area contributed by atoms with E-state index in [-0.39, 0.29) is 5.91 Å². The molecule has 1 aromatic carbocycles.